The zero-order valence-corrected chi connectivity index (χ0v) is 70.5. The van der Waals surface area contributed by atoms with Gasteiger partial charge in [-0.3, -0.25) is 9.59 Å². The van der Waals surface area contributed by atoms with Gasteiger partial charge < -0.3 is 28.5 Å². The van der Waals surface area contributed by atoms with Gasteiger partial charge >= 0.3 is 17.9 Å². The maximum absolute atomic E-state index is 13.0. The highest BCUT2D eigenvalue weighted by Crippen LogP contribution is 2.20. The van der Waals surface area contributed by atoms with Gasteiger partial charge in [0.05, 0.1) is 34.4 Å². The van der Waals surface area contributed by atoms with E-state index in [9.17, 15) is 19.5 Å². The van der Waals surface area contributed by atoms with Crippen molar-refractivity contribution in [2.45, 2.75) is 411 Å². The number of rotatable bonds is 83. The lowest BCUT2D eigenvalue weighted by Crippen LogP contribution is -2.40. The van der Waals surface area contributed by atoms with E-state index in [0.717, 1.165) is 122 Å². The molecule has 0 amide bonds. The molecule has 2 unspecified atom stereocenters. The minimum Gasteiger partial charge on any atom is -0.477 e. The lowest BCUT2D eigenvalue weighted by atomic mass is 10.0. The van der Waals surface area contributed by atoms with Gasteiger partial charge in [-0.1, -0.05) is 429 Å². The van der Waals surface area contributed by atoms with Crippen LogP contribution in [0.15, 0.2) is 146 Å². The summed E-state index contributed by atoms with van der Waals surface area (Å²) in [5.74, 6) is -2.03. The molecular formula is C98H170NO8+. The molecule has 0 fully saturated rings. The first-order valence-electron chi connectivity index (χ1n) is 45.0. The molecule has 0 radical (unpaired) electrons. The van der Waals surface area contributed by atoms with Gasteiger partial charge in [-0.05, 0) is 103 Å². The number of hydrogen-bond donors (Lipinski definition) is 1. The number of allylic oxidation sites excluding steroid dienone is 24. The number of carboxylic acids is 1. The van der Waals surface area contributed by atoms with Crippen LogP contribution in [0.25, 0.3) is 0 Å². The maximum Gasteiger partial charge on any atom is 0.361 e. The Morgan fingerprint density at radius 1 is 0.290 bits per heavy atom. The molecule has 0 bridgehead atoms. The summed E-state index contributed by atoms with van der Waals surface area (Å²) in [6, 6.07) is 0. The van der Waals surface area contributed by atoms with Gasteiger partial charge in [0.2, 0.25) is 0 Å². The topological polar surface area (TPSA) is 108 Å². The average Bonchev–Trinajstić information content (AvgIpc) is 0.965. The summed E-state index contributed by atoms with van der Waals surface area (Å²) in [6.45, 7) is 4.77. The van der Waals surface area contributed by atoms with Gasteiger partial charge in [0, 0.05) is 12.8 Å². The number of unbranched alkanes of at least 4 members (excludes halogenated alkanes) is 44. The second kappa shape index (κ2) is 86.8. The normalized spacial score (nSPS) is 13.3. The van der Waals surface area contributed by atoms with E-state index in [0.29, 0.717) is 23.9 Å². The smallest absolute Gasteiger partial charge is 0.361 e. The molecule has 0 heterocycles. The predicted octanol–water partition coefficient (Wildman–Crippen LogP) is 29.7. The Bertz CT molecular complexity index is 2290. The third kappa shape index (κ3) is 88.3. The van der Waals surface area contributed by atoms with Gasteiger partial charge in [0.25, 0.3) is 6.29 Å². The Morgan fingerprint density at radius 3 is 0.794 bits per heavy atom. The Balaban J connectivity index is 4.04. The van der Waals surface area contributed by atoms with Crippen molar-refractivity contribution in [3.05, 3.63) is 146 Å². The molecule has 0 rings (SSSR count). The first-order valence-corrected chi connectivity index (χ1v) is 45.0. The van der Waals surface area contributed by atoms with E-state index in [1.54, 1.807) is 0 Å². The lowest BCUT2D eigenvalue weighted by Gasteiger charge is -2.25. The zero-order valence-electron chi connectivity index (χ0n) is 70.5. The van der Waals surface area contributed by atoms with Gasteiger partial charge in [-0.2, -0.15) is 0 Å². The molecule has 0 aliphatic carbocycles. The van der Waals surface area contributed by atoms with Gasteiger partial charge in [-0.25, -0.2) is 4.79 Å². The fourth-order valence-corrected chi connectivity index (χ4v) is 12.8. The zero-order chi connectivity index (χ0) is 77.4. The van der Waals surface area contributed by atoms with Crippen molar-refractivity contribution in [2.24, 2.45) is 0 Å². The minimum atomic E-state index is -1.53. The molecule has 107 heavy (non-hydrogen) atoms. The van der Waals surface area contributed by atoms with Crippen LogP contribution in [0.5, 0.6) is 0 Å². The summed E-state index contributed by atoms with van der Waals surface area (Å²) < 4.78 is 23.0. The second-order valence-corrected chi connectivity index (χ2v) is 31.2. The van der Waals surface area contributed by atoms with Crippen molar-refractivity contribution in [1.29, 1.82) is 0 Å². The van der Waals surface area contributed by atoms with Crippen molar-refractivity contribution in [2.75, 3.05) is 47.5 Å². The van der Waals surface area contributed by atoms with Crippen LogP contribution in [0.2, 0.25) is 0 Å². The second-order valence-electron chi connectivity index (χ2n) is 31.2. The number of quaternary nitrogens is 1. The van der Waals surface area contributed by atoms with Crippen LogP contribution in [0, 0.1) is 0 Å². The number of esters is 2. The Kier molecular flexibility index (Phi) is 82.8. The van der Waals surface area contributed by atoms with E-state index in [1.165, 1.54) is 244 Å². The van der Waals surface area contributed by atoms with Crippen molar-refractivity contribution >= 4 is 17.9 Å². The molecule has 0 aliphatic heterocycles. The number of ether oxygens (including phenoxy) is 4. The van der Waals surface area contributed by atoms with E-state index in [-0.39, 0.29) is 32.2 Å². The van der Waals surface area contributed by atoms with Crippen LogP contribution in [0.4, 0.5) is 0 Å². The lowest BCUT2D eigenvalue weighted by molar-refractivity contribution is -0.870. The number of likely N-dealkylation sites (N-methyl/N-ethyl adjacent to an activating group) is 1. The number of nitrogens with zero attached hydrogens (tertiary/aromatic N) is 1. The number of carbonyl (C=O) groups excluding carboxylic acids is 2. The summed E-state index contributed by atoms with van der Waals surface area (Å²) in [6.07, 6.45) is 125. The molecule has 0 aromatic carbocycles. The molecule has 0 aromatic rings. The summed E-state index contributed by atoms with van der Waals surface area (Å²) in [5, 5.41) is 9.79. The van der Waals surface area contributed by atoms with Crippen molar-refractivity contribution < 1.29 is 42.9 Å². The largest absolute Gasteiger partial charge is 0.477 e. The molecular weight excluding hydrogens is 1320 g/mol. The van der Waals surface area contributed by atoms with Crippen LogP contribution >= 0.6 is 0 Å². The predicted molar refractivity (Wildman–Crippen MR) is 465 cm³/mol. The summed E-state index contributed by atoms with van der Waals surface area (Å²) in [5.41, 5.74) is 0. The fraction of sp³-hybridized carbons (Fsp3) is 0.724. The fourth-order valence-electron chi connectivity index (χ4n) is 12.8. The monoisotopic (exact) mass is 1490 g/mol. The Morgan fingerprint density at radius 2 is 0.533 bits per heavy atom. The standard InChI is InChI=1S/C98H169NO8/c1-6-8-10-12-14-16-18-20-22-24-26-28-30-32-34-36-38-40-42-44-46-48-50-52-54-56-58-60-62-64-66-68-70-72-74-76-78-80-82-84-86-88-95(100)105-92-94(93-106-98(97(102)103)104-91-90-99(3,4)5)107-96(101)89-87-85-83-81-79-77-75-73-71-69-67-65-63-61-59-57-55-53-51-49-47-45-43-41-39-37-35-33-31-29-27-25-23-21-19-17-15-13-11-9-7-2/h9,11,15,17,21,23,27,29,33,35,39,41,45,47,51,53,57,59,63,65,69,71,75,77,94,98H,6-8,10,12-14,16,18-20,22,24-26,28,30-32,34,36-38,40,42-44,46,48-50,52,54-56,58,60-62,64,66-68,70,72-74,76,78-93H2,1-5H3/p+1/b11-9-,17-15-,23-21-,29-27-,35-33-,41-39-,47-45-,53-51-,59-57-,65-63-,71-69-,77-75-. The average molecular weight is 1490 g/mol. The molecule has 614 valence electrons. The highest BCUT2D eigenvalue weighted by molar-refractivity contribution is 5.71. The first-order chi connectivity index (χ1) is 52.6. The summed E-state index contributed by atoms with van der Waals surface area (Å²) in [7, 11) is 5.98. The third-order valence-corrected chi connectivity index (χ3v) is 19.6. The molecule has 0 aromatic heterocycles. The number of hydrogen-bond acceptors (Lipinski definition) is 7. The summed E-state index contributed by atoms with van der Waals surface area (Å²) in [4.78, 5) is 37.8. The highest BCUT2D eigenvalue weighted by atomic mass is 16.7. The van der Waals surface area contributed by atoms with Gasteiger partial charge in [0.15, 0.2) is 6.10 Å². The molecule has 0 saturated heterocycles. The number of aliphatic carboxylic acids is 1. The van der Waals surface area contributed by atoms with Crippen LogP contribution in [-0.2, 0) is 33.3 Å². The SMILES string of the molecule is CC/C=C\C/C=C\C/C=C\C/C=C\C/C=C\C/C=C\C/C=C\C/C=C\C/C=C\C/C=C\C/C=C\C/C=C\CCCCCCC(=O)OC(COC(=O)CCCCCCCCCCCCCCCCCCCCCCCCCCCCCCCCCCCCCCCCCCC)COC(OCC[N+](C)(C)C)C(=O)O. The maximum atomic E-state index is 13.0. The quantitative estimate of drug-likeness (QED) is 0.0211. The van der Waals surface area contributed by atoms with Crippen molar-refractivity contribution in [3.8, 4) is 0 Å². The van der Waals surface area contributed by atoms with E-state index < -0.39 is 24.3 Å². The van der Waals surface area contributed by atoms with Crippen molar-refractivity contribution in [1.82, 2.24) is 0 Å². The van der Waals surface area contributed by atoms with Crippen molar-refractivity contribution in [3.63, 3.8) is 0 Å². The van der Waals surface area contributed by atoms with E-state index in [1.807, 2.05) is 21.1 Å². The number of carbonyl (C=O) groups is 3. The highest BCUT2D eigenvalue weighted by Gasteiger charge is 2.25. The third-order valence-electron chi connectivity index (χ3n) is 19.6. The van der Waals surface area contributed by atoms with Crippen LogP contribution in [-0.4, -0.2) is 87.4 Å². The Hall–Kier alpha value is -4.83. The molecule has 9 heteroatoms. The molecule has 0 aliphatic rings. The first kappa shape index (κ1) is 102. The van der Waals surface area contributed by atoms with E-state index in [2.05, 4.69) is 160 Å². The molecule has 0 spiro atoms. The van der Waals surface area contributed by atoms with Crippen LogP contribution in [0.3, 0.4) is 0 Å². The van der Waals surface area contributed by atoms with Gasteiger partial charge in [0.1, 0.15) is 13.2 Å². The molecule has 2 atom stereocenters. The van der Waals surface area contributed by atoms with E-state index in [4.69, 9.17) is 18.9 Å². The van der Waals surface area contributed by atoms with Crippen LogP contribution in [0.1, 0.15) is 399 Å². The molecule has 0 saturated carbocycles. The molecule has 9 nitrogen and oxygen atoms in total. The summed E-state index contributed by atoms with van der Waals surface area (Å²) >= 11 is 0. The van der Waals surface area contributed by atoms with Gasteiger partial charge in [-0.15, -0.1) is 0 Å². The molecule has 1 N–H and O–H groups in total. The number of carboxylic acid groups (broad SMARTS) is 1. The Labute approximate surface area is 662 Å². The van der Waals surface area contributed by atoms with E-state index >= 15 is 0 Å². The van der Waals surface area contributed by atoms with Crippen LogP contribution < -0.4 is 0 Å². The minimum absolute atomic E-state index is 0.177.